The molecular weight excluding hydrogens is 189 g/mol. The first-order valence-corrected chi connectivity index (χ1v) is 3.44. The van der Waals surface area contributed by atoms with Gasteiger partial charge in [0.1, 0.15) is 0 Å². The first-order valence-electron chi connectivity index (χ1n) is 2.76. The standard InChI is InChI=1S/C5H5Cl2N3O/c1-9-3-2-4(10(6)7)8-5(9)11/h2-3H,1H3. The number of rotatable bonds is 1. The van der Waals surface area contributed by atoms with E-state index in [1.54, 1.807) is 7.05 Å². The molecule has 0 bridgehead atoms. The van der Waals surface area contributed by atoms with Crippen LogP contribution in [0.25, 0.3) is 0 Å². The zero-order valence-corrected chi connectivity index (χ0v) is 7.17. The second-order valence-corrected chi connectivity index (χ2v) is 2.76. The van der Waals surface area contributed by atoms with Crippen LogP contribution in [-0.2, 0) is 7.05 Å². The molecule has 4 nitrogen and oxygen atoms in total. The Morgan fingerprint density at radius 1 is 1.64 bits per heavy atom. The summed E-state index contributed by atoms with van der Waals surface area (Å²) in [6.45, 7) is 0. The predicted molar refractivity (Wildman–Crippen MR) is 43.7 cm³/mol. The Balaban J connectivity index is 3.16. The highest BCUT2D eigenvalue weighted by atomic mass is 35.5. The van der Waals surface area contributed by atoms with Crippen LogP contribution in [0.1, 0.15) is 0 Å². The zero-order valence-electron chi connectivity index (χ0n) is 5.66. The molecule has 0 N–H and O–H groups in total. The van der Waals surface area contributed by atoms with Crippen molar-refractivity contribution in [3.05, 3.63) is 22.7 Å². The van der Waals surface area contributed by atoms with Crippen molar-refractivity contribution >= 4 is 29.4 Å². The number of hydrogen-bond acceptors (Lipinski definition) is 3. The van der Waals surface area contributed by atoms with Crippen LogP contribution in [0.2, 0.25) is 0 Å². The van der Waals surface area contributed by atoms with Crippen molar-refractivity contribution in [1.82, 2.24) is 9.55 Å². The fraction of sp³-hybridized carbons (Fsp3) is 0.200. The van der Waals surface area contributed by atoms with E-state index in [9.17, 15) is 4.79 Å². The maximum atomic E-state index is 10.9. The molecule has 0 amide bonds. The Labute approximate surface area is 73.2 Å². The van der Waals surface area contributed by atoms with Gasteiger partial charge in [0.25, 0.3) is 0 Å². The molecule has 0 aromatic carbocycles. The van der Waals surface area contributed by atoms with E-state index in [4.69, 9.17) is 23.6 Å². The lowest BCUT2D eigenvalue weighted by Gasteiger charge is -2.03. The van der Waals surface area contributed by atoms with Gasteiger partial charge in [0.2, 0.25) is 0 Å². The van der Waals surface area contributed by atoms with E-state index >= 15 is 0 Å². The number of aryl methyl sites for hydroxylation is 1. The van der Waals surface area contributed by atoms with Crippen molar-refractivity contribution < 1.29 is 0 Å². The van der Waals surface area contributed by atoms with E-state index in [0.717, 1.165) is 3.94 Å². The highest BCUT2D eigenvalue weighted by Gasteiger charge is 2.01. The van der Waals surface area contributed by atoms with Gasteiger partial charge in [-0.05, 0) is 6.07 Å². The third-order valence-corrected chi connectivity index (χ3v) is 1.48. The molecule has 1 aromatic heterocycles. The minimum Gasteiger partial charge on any atom is -0.302 e. The van der Waals surface area contributed by atoms with E-state index in [1.165, 1.54) is 16.8 Å². The minimum absolute atomic E-state index is 0.219. The second kappa shape index (κ2) is 3.11. The van der Waals surface area contributed by atoms with Crippen molar-refractivity contribution in [3.8, 4) is 0 Å². The molecule has 60 valence electrons. The highest BCUT2D eigenvalue weighted by molar-refractivity contribution is 6.49. The molecule has 0 fully saturated rings. The summed E-state index contributed by atoms with van der Waals surface area (Å²) in [6.07, 6.45) is 1.53. The van der Waals surface area contributed by atoms with Crippen molar-refractivity contribution in [2.45, 2.75) is 0 Å². The van der Waals surface area contributed by atoms with E-state index in [0.29, 0.717) is 0 Å². The fourth-order valence-corrected chi connectivity index (χ4v) is 0.739. The number of aromatic nitrogens is 2. The number of halogens is 2. The van der Waals surface area contributed by atoms with E-state index in [2.05, 4.69) is 4.98 Å². The van der Waals surface area contributed by atoms with Crippen LogP contribution in [0.3, 0.4) is 0 Å². The zero-order chi connectivity index (χ0) is 8.43. The lowest BCUT2D eigenvalue weighted by atomic mass is 10.6. The Morgan fingerprint density at radius 2 is 2.27 bits per heavy atom. The van der Waals surface area contributed by atoms with Gasteiger partial charge in [0, 0.05) is 36.8 Å². The minimum atomic E-state index is -0.395. The first-order chi connectivity index (χ1) is 5.11. The molecule has 11 heavy (non-hydrogen) atoms. The topological polar surface area (TPSA) is 38.1 Å². The van der Waals surface area contributed by atoms with Gasteiger partial charge in [-0.2, -0.15) is 8.92 Å². The lowest BCUT2D eigenvalue weighted by molar-refractivity contribution is 0.812. The molecule has 0 atom stereocenters. The SMILES string of the molecule is Cn1ccc(N(Cl)Cl)nc1=O. The van der Waals surface area contributed by atoms with Crippen LogP contribution in [0.15, 0.2) is 17.1 Å². The average molecular weight is 194 g/mol. The fourth-order valence-electron chi connectivity index (χ4n) is 0.551. The maximum Gasteiger partial charge on any atom is 0.349 e. The van der Waals surface area contributed by atoms with Gasteiger partial charge in [-0.15, -0.1) is 0 Å². The third-order valence-electron chi connectivity index (χ3n) is 1.13. The van der Waals surface area contributed by atoms with Crippen LogP contribution in [0.4, 0.5) is 5.82 Å². The first kappa shape index (κ1) is 8.36. The van der Waals surface area contributed by atoms with Crippen LogP contribution in [0.5, 0.6) is 0 Å². The quantitative estimate of drug-likeness (QED) is 0.623. The van der Waals surface area contributed by atoms with Crippen molar-refractivity contribution in [2.24, 2.45) is 7.05 Å². The van der Waals surface area contributed by atoms with Gasteiger partial charge in [0.05, 0.1) is 0 Å². The number of hydrogen-bond donors (Lipinski definition) is 0. The molecule has 0 saturated carbocycles. The molecule has 0 spiro atoms. The summed E-state index contributed by atoms with van der Waals surface area (Å²) >= 11 is 10.6. The molecule has 0 saturated heterocycles. The normalized spacial score (nSPS) is 9.73. The van der Waals surface area contributed by atoms with Crippen LogP contribution in [0, 0.1) is 0 Å². The maximum absolute atomic E-state index is 10.9. The van der Waals surface area contributed by atoms with Crippen LogP contribution >= 0.6 is 23.6 Å². The summed E-state index contributed by atoms with van der Waals surface area (Å²) in [5, 5.41) is 0. The molecule has 0 aliphatic rings. The smallest absolute Gasteiger partial charge is 0.302 e. The number of nitrogens with zero attached hydrogens (tertiary/aromatic N) is 3. The average Bonchev–Trinajstić information content (AvgIpc) is 1.94. The Kier molecular flexibility index (Phi) is 2.36. The number of anilines is 1. The second-order valence-electron chi connectivity index (χ2n) is 1.91. The van der Waals surface area contributed by atoms with Gasteiger partial charge in [-0.3, -0.25) is 0 Å². The highest BCUT2D eigenvalue weighted by Crippen LogP contribution is 2.11. The summed E-state index contributed by atoms with van der Waals surface area (Å²) in [7, 11) is 1.59. The Bertz CT molecular complexity index is 309. The van der Waals surface area contributed by atoms with Gasteiger partial charge in [-0.25, -0.2) is 4.79 Å². The molecule has 0 aliphatic carbocycles. The summed E-state index contributed by atoms with van der Waals surface area (Å²) in [4.78, 5) is 14.4. The van der Waals surface area contributed by atoms with E-state index in [-0.39, 0.29) is 5.82 Å². The van der Waals surface area contributed by atoms with Crippen molar-refractivity contribution in [1.29, 1.82) is 0 Å². The third kappa shape index (κ3) is 1.85. The molecule has 0 radical (unpaired) electrons. The van der Waals surface area contributed by atoms with E-state index < -0.39 is 5.69 Å². The molecule has 6 heteroatoms. The molecule has 0 unspecified atom stereocenters. The van der Waals surface area contributed by atoms with Gasteiger partial charge < -0.3 is 4.57 Å². The summed E-state index contributed by atoms with van der Waals surface area (Å²) in [6, 6.07) is 1.53. The Hall–Kier alpha value is -0.740. The summed E-state index contributed by atoms with van der Waals surface area (Å²) in [5.74, 6) is 0.219. The van der Waals surface area contributed by atoms with Crippen molar-refractivity contribution in [2.75, 3.05) is 3.94 Å². The summed E-state index contributed by atoms with van der Waals surface area (Å²) in [5.41, 5.74) is -0.395. The molecule has 1 rings (SSSR count). The molecule has 1 aromatic rings. The Morgan fingerprint density at radius 3 is 2.73 bits per heavy atom. The van der Waals surface area contributed by atoms with Gasteiger partial charge >= 0.3 is 5.69 Å². The van der Waals surface area contributed by atoms with E-state index in [1.807, 2.05) is 0 Å². The lowest BCUT2D eigenvalue weighted by Crippen LogP contribution is -2.20. The monoisotopic (exact) mass is 193 g/mol. The van der Waals surface area contributed by atoms with Crippen LogP contribution in [-0.4, -0.2) is 9.55 Å². The largest absolute Gasteiger partial charge is 0.349 e. The summed E-state index contributed by atoms with van der Waals surface area (Å²) < 4.78 is 2.06. The molecular formula is C5H5Cl2N3O. The molecule has 0 aliphatic heterocycles. The van der Waals surface area contributed by atoms with Gasteiger partial charge in [0.15, 0.2) is 5.82 Å². The van der Waals surface area contributed by atoms with Crippen molar-refractivity contribution in [3.63, 3.8) is 0 Å². The van der Waals surface area contributed by atoms with Gasteiger partial charge in [-0.1, -0.05) is 0 Å². The van der Waals surface area contributed by atoms with Crippen LogP contribution < -0.4 is 9.63 Å². The molecule has 1 heterocycles. The predicted octanol–water partition coefficient (Wildman–Crippen LogP) is 0.894.